The lowest BCUT2D eigenvalue weighted by Crippen LogP contribution is -2.49. The molecule has 0 aromatic heterocycles. The molecule has 150 valence electrons. The zero-order valence-corrected chi connectivity index (χ0v) is 18.3. The number of hydrogen-bond donors (Lipinski definition) is 1. The highest BCUT2D eigenvalue weighted by Gasteiger charge is 2.35. The number of benzene rings is 1. The molecule has 27 heavy (non-hydrogen) atoms. The summed E-state index contributed by atoms with van der Waals surface area (Å²) in [4.78, 5) is 4.59. The molecule has 0 saturated carbocycles. The predicted molar refractivity (Wildman–Crippen MR) is 117 cm³/mol. The van der Waals surface area contributed by atoms with E-state index in [1.165, 1.54) is 5.57 Å². The first-order valence-corrected chi connectivity index (χ1v) is 9.76. The van der Waals surface area contributed by atoms with Gasteiger partial charge in [0.25, 0.3) is 0 Å². The van der Waals surface area contributed by atoms with Crippen molar-refractivity contribution in [3.05, 3.63) is 36.0 Å². The van der Waals surface area contributed by atoms with Crippen molar-refractivity contribution in [2.75, 3.05) is 6.61 Å². The summed E-state index contributed by atoms with van der Waals surface area (Å²) in [5, 5.41) is 10.2. The van der Waals surface area contributed by atoms with Crippen LogP contribution in [0.15, 0.2) is 41.0 Å². The molecule has 0 aliphatic rings. The summed E-state index contributed by atoms with van der Waals surface area (Å²) in [5.41, 5.74) is 1.79. The third-order valence-electron chi connectivity index (χ3n) is 5.06. The summed E-state index contributed by atoms with van der Waals surface area (Å²) < 4.78 is 11.8. The predicted octanol–water partition coefficient (Wildman–Crippen LogP) is 4.02. The van der Waals surface area contributed by atoms with Gasteiger partial charge in [0.05, 0.1) is 16.9 Å². The molecule has 0 saturated heterocycles. The van der Waals surface area contributed by atoms with Crippen molar-refractivity contribution in [3.8, 4) is 5.75 Å². The van der Waals surface area contributed by atoms with Crippen LogP contribution in [0.5, 0.6) is 5.75 Å². The van der Waals surface area contributed by atoms with Gasteiger partial charge in [0.15, 0.2) is 0 Å². The van der Waals surface area contributed by atoms with Crippen LogP contribution < -0.4 is 10.2 Å². The standard InChI is InChI=1S/C22H36BNO3/c1-9-17(4)14-24-20(16(2)3)15-26-19-12-10-18(11-13-19)23-27-22(7,8)21(5,6)25/h10-14,16,23,25H,9,15H2,1-8H3/b17-14-,24-20-. The summed E-state index contributed by atoms with van der Waals surface area (Å²) in [5.74, 6) is 1.15. The Bertz CT molecular complexity index is 641. The Balaban J connectivity index is 2.66. The van der Waals surface area contributed by atoms with Crippen LogP contribution in [0.25, 0.3) is 0 Å². The van der Waals surface area contributed by atoms with Crippen molar-refractivity contribution in [1.82, 2.24) is 0 Å². The van der Waals surface area contributed by atoms with Crippen LogP contribution in [0.1, 0.15) is 61.8 Å². The van der Waals surface area contributed by atoms with E-state index in [0.29, 0.717) is 20.0 Å². The van der Waals surface area contributed by atoms with E-state index in [-0.39, 0.29) is 0 Å². The Morgan fingerprint density at radius 1 is 1.19 bits per heavy atom. The third-order valence-corrected chi connectivity index (χ3v) is 5.06. The van der Waals surface area contributed by atoms with Crippen molar-refractivity contribution in [2.24, 2.45) is 10.9 Å². The van der Waals surface area contributed by atoms with E-state index in [9.17, 15) is 5.11 Å². The van der Waals surface area contributed by atoms with Gasteiger partial charge in [-0.2, -0.15) is 0 Å². The molecule has 0 atom stereocenters. The fourth-order valence-electron chi connectivity index (χ4n) is 1.92. The molecule has 1 aromatic carbocycles. The van der Waals surface area contributed by atoms with E-state index in [2.05, 4.69) is 32.7 Å². The molecule has 4 nitrogen and oxygen atoms in total. The van der Waals surface area contributed by atoms with E-state index in [0.717, 1.165) is 23.3 Å². The maximum atomic E-state index is 10.2. The van der Waals surface area contributed by atoms with Crippen molar-refractivity contribution < 1.29 is 14.5 Å². The highest BCUT2D eigenvalue weighted by molar-refractivity contribution is 6.47. The van der Waals surface area contributed by atoms with Gasteiger partial charge >= 0.3 is 7.48 Å². The summed E-state index contributed by atoms with van der Waals surface area (Å²) >= 11 is 0. The second kappa shape index (κ2) is 10.1. The number of aliphatic hydroxyl groups is 1. The topological polar surface area (TPSA) is 51.0 Å². The van der Waals surface area contributed by atoms with Gasteiger partial charge in [-0.15, -0.1) is 0 Å². The van der Waals surface area contributed by atoms with Gasteiger partial charge in [0.2, 0.25) is 0 Å². The smallest absolute Gasteiger partial charge is 0.309 e. The molecule has 0 radical (unpaired) electrons. The number of ether oxygens (including phenoxy) is 1. The maximum absolute atomic E-state index is 10.2. The Labute approximate surface area is 166 Å². The average Bonchev–Trinajstić information content (AvgIpc) is 2.59. The number of hydrogen-bond acceptors (Lipinski definition) is 4. The number of nitrogens with zero attached hydrogens (tertiary/aromatic N) is 1. The molecule has 0 bridgehead atoms. The maximum Gasteiger partial charge on any atom is 0.309 e. The van der Waals surface area contributed by atoms with E-state index < -0.39 is 11.2 Å². The Morgan fingerprint density at radius 2 is 1.78 bits per heavy atom. The van der Waals surface area contributed by atoms with Crippen molar-refractivity contribution in [3.63, 3.8) is 0 Å². The first-order valence-electron chi connectivity index (χ1n) is 9.76. The molecule has 0 spiro atoms. The third kappa shape index (κ3) is 7.90. The van der Waals surface area contributed by atoms with E-state index in [1.54, 1.807) is 13.8 Å². The van der Waals surface area contributed by atoms with Crippen molar-refractivity contribution in [2.45, 2.75) is 73.0 Å². The molecule has 0 unspecified atom stereocenters. The lowest BCUT2D eigenvalue weighted by molar-refractivity contribution is -0.0893. The van der Waals surface area contributed by atoms with Crippen LogP contribution in [0.3, 0.4) is 0 Å². The van der Waals surface area contributed by atoms with Crippen molar-refractivity contribution in [1.29, 1.82) is 0 Å². The average molecular weight is 373 g/mol. The lowest BCUT2D eigenvalue weighted by atomic mass is 9.82. The summed E-state index contributed by atoms with van der Waals surface area (Å²) in [7, 11) is 0.442. The fraction of sp³-hybridized carbons (Fsp3) is 0.591. The first kappa shape index (κ1) is 23.5. The highest BCUT2D eigenvalue weighted by atomic mass is 16.5. The van der Waals surface area contributed by atoms with Crippen LogP contribution in [0.2, 0.25) is 0 Å². The normalized spacial score (nSPS) is 13.9. The molecule has 0 fully saturated rings. The van der Waals surface area contributed by atoms with Crippen LogP contribution in [0.4, 0.5) is 0 Å². The largest absolute Gasteiger partial charge is 0.488 e. The van der Waals surface area contributed by atoms with Gasteiger partial charge < -0.3 is 14.5 Å². The Hall–Kier alpha value is -1.59. The number of allylic oxidation sites excluding steroid dienone is 1. The molecule has 0 aliphatic carbocycles. The zero-order valence-electron chi connectivity index (χ0n) is 18.3. The summed E-state index contributed by atoms with van der Waals surface area (Å²) in [6, 6.07) is 7.87. The van der Waals surface area contributed by atoms with Crippen molar-refractivity contribution >= 4 is 18.7 Å². The molecule has 0 amide bonds. The second-order valence-corrected chi connectivity index (χ2v) is 8.39. The van der Waals surface area contributed by atoms with Gasteiger partial charge in [-0.1, -0.05) is 43.9 Å². The van der Waals surface area contributed by atoms with Gasteiger partial charge in [0.1, 0.15) is 12.4 Å². The second-order valence-electron chi connectivity index (χ2n) is 8.39. The molecule has 0 aliphatic heterocycles. The quantitative estimate of drug-likeness (QED) is 0.498. The molecule has 1 aromatic rings. The summed E-state index contributed by atoms with van der Waals surface area (Å²) in [6.07, 6.45) is 2.94. The minimum atomic E-state index is -0.910. The van der Waals surface area contributed by atoms with Crippen LogP contribution in [0, 0.1) is 5.92 Å². The van der Waals surface area contributed by atoms with E-state index >= 15 is 0 Å². The van der Waals surface area contributed by atoms with Gasteiger partial charge in [-0.05, 0) is 59.1 Å². The minimum absolute atomic E-state index is 0.336. The Kier molecular flexibility index (Phi) is 8.77. The molecular weight excluding hydrogens is 337 g/mol. The molecule has 0 heterocycles. The van der Waals surface area contributed by atoms with Crippen LogP contribution in [-0.2, 0) is 4.65 Å². The van der Waals surface area contributed by atoms with E-state index in [4.69, 9.17) is 9.39 Å². The minimum Gasteiger partial charge on any atom is -0.488 e. The molecule has 1 N–H and O–H groups in total. The lowest BCUT2D eigenvalue weighted by Gasteiger charge is -2.37. The van der Waals surface area contributed by atoms with Gasteiger partial charge in [-0.25, -0.2) is 0 Å². The highest BCUT2D eigenvalue weighted by Crippen LogP contribution is 2.24. The van der Waals surface area contributed by atoms with Gasteiger partial charge in [-0.3, -0.25) is 4.99 Å². The monoisotopic (exact) mass is 373 g/mol. The number of aliphatic imine (C=N–C) groups is 1. The fourth-order valence-corrected chi connectivity index (χ4v) is 1.92. The van der Waals surface area contributed by atoms with Gasteiger partial charge in [0, 0.05) is 6.20 Å². The molecular formula is C22H36BNO3. The number of rotatable bonds is 10. The van der Waals surface area contributed by atoms with E-state index in [1.807, 2.05) is 44.3 Å². The zero-order chi connectivity index (χ0) is 20.7. The Morgan fingerprint density at radius 3 is 2.26 bits per heavy atom. The van der Waals surface area contributed by atoms with Crippen LogP contribution in [-0.4, -0.2) is 36.1 Å². The molecule has 5 heteroatoms. The first-order chi connectivity index (χ1) is 12.5. The summed E-state index contributed by atoms with van der Waals surface area (Å²) in [6.45, 7) is 16.3. The molecule has 1 rings (SSSR count). The van der Waals surface area contributed by atoms with Crippen LogP contribution >= 0.6 is 0 Å². The SMILES string of the molecule is CC/C(C)=C\N=C(\COc1ccc(BOC(C)(C)C(C)(C)O)cc1)C(C)C.